The highest BCUT2D eigenvalue weighted by atomic mass is 16.1. The van der Waals surface area contributed by atoms with Crippen LogP contribution in [0.15, 0.2) is 24.3 Å². The zero-order valence-electron chi connectivity index (χ0n) is 14.9. The van der Waals surface area contributed by atoms with Gasteiger partial charge in [-0.3, -0.25) is 4.79 Å². The van der Waals surface area contributed by atoms with E-state index in [-0.39, 0.29) is 5.91 Å². The molecular formula is C19H32N4O. The van der Waals surface area contributed by atoms with Gasteiger partial charge in [-0.1, -0.05) is 24.3 Å². The Morgan fingerprint density at radius 1 is 0.958 bits per heavy atom. The van der Waals surface area contributed by atoms with Gasteiger partial charge in [0, 0.05) is 13.5 Å². The molecule has 0 aliphatic carbocycles. The van der Waals surface area contributed by atoms with Crippen molar-refractivity contribution in [3.63, 3.8) is 0 Å². The Labute approximate surface area is 146 Å². The number of carbonyl (C=O) groups excluding carboxylic acids is 1. The van der Waals surface area contributed by atoms with E-state index in [1.54, 1.807) is 6.92 Å². The highest BCUT2D eigenvalue weighted by Crippen LogP contribution is 2.10. The summed E-state index contributed by atoms with van der Waals surface area (Å²) in [5.41, 5.74) is 2.51. The van der Waals surface area contributed by atoms with Crippen molar-refractivity contribution in [3.8, 4) is 0 Å². The Morgan fingerprint density at radius 2 is 1.50 bits per heavy atom. The average molecular weight is 332 g/mol. The molecule has 1 saturated heterocycles. The second-order valence-electron chi connectivity index (χ2n) is 6.66. The van der Waals surface area contributed by atoms with Crippen LogP contribution < -0.4 is 21.3 Å². The van der Waals surface area contributed by atoms with Crippen LogP contribution >= 0.6 is 0 Å². The molecule has 134 valence electrons. The standard InChI is InChI=1S/C19H32N4O/c1-16(24)23-15-18-6-4-17(5-7-18)12-19-13-21-10-2-8-20-9-3-11-22-14-19/h4-7,19-22H,2-3,8-15H2,1H3,(H,23,24). The third kappa shape index (κ3) is 7.90. The van der Waals surface area contributed by atoms with Crippen molar-refractivity contribution >= 4 is 5.91 Å². The van der Waals surface area contributed by atoms with Crippen LogP contribution in [-0.4, -0.2) is 45.2 Å². The quantitative estimate of drug-likeness (QED) is 0.665. The molecule has 1 aliphatic rings. The van der Waals surface area contributed by atoms with Crippen LogP contribution in [0.2, 0.25) is 0 Å². The maximum absolute atomic E-state index is 11.0. The van der Waals surface area contributed by atoms with Crippen LogP contribution in [0, 0.1) is 5.92 Å². The predicted molar refractivity (Wildman–Crippen MR) is 99.0 cm³/mol. The summed E-state index contributed by atoms with van der Waals surface area (Å²) < 4.78 is 0. The fourth-order valence-corrected chi connectivity index (χ4v) is 2.98. The Bertz CT molecular complexity index is 463. The van der Waals surface area contributed by atoms with Crippen LogP contribution in [-0.2, 0) is 17.8 Å². The largest absolute Gasteiger partial charge is 0.352 e. The van der Waals surface area contributed by atoms with Crippen LogP contribution in [0.4, 0.5) is 0 Å². The van der Waals surface area contributed by atoms with Crippen LogP contribution in [0.1, 0.15) is 30.9 Å². The van der Waals surface area contributed by atoms with Gasteiger partial charge in [0.05, 0.1) is 0 Å². The van der Waals surface area contributed by atoms with Crippen molar-refractivity contribution in [2.24, 2.45) is 5.92 Å². The van der Waals surface area contributed by atoms with Crippen molar-refractivity contribution in [3.05, 3.63) is 35.4 Å². The van der Waals surface area contributed by atoms with E-state index < -0.39 is 0 Å². The summed E-state index contributed by atoms with van der Waals surface area (Å²) in [6, 6.07) is 8.62. The Kier molecular flexibility index (Phi) is 8.81. The van der Waals surface area contributed by atoms with E-state index in [2.05, 4.69) is 45.5 Å². The molecule has 2 rings (SSSR count). The van der Waals surface area contributed by atoms with E-state index in [1.165, 1.54) is 18.4 Å². The summed E-state index contributed by atoms with van der Waals surface area (Å²) in [5.74, 6) is 0.623. The number of rotatable bonds is 4. The predicted octanol–water partition coefficient (Wildman–Crippen LogP) is 1.04. The Morgan fingerprint density at radius 3 is 2.08 bits per heavy atom. The molecule has 1 heterocycles. The maximum Gasteiger partial charge on any atom is 0.217 e. The molecule has 0 unspecified atom stereocenters. The molecule has 5 nitrogen and oxygen atoms in total. The number of nitrogens with one attached hydrogen (secondary N) is 4. The lowest BCUT2D eigenvalue weighted by atomic mass is 9.98. The lowest BCUT2D eigenvalue weighted by Crippen LogP contribution is -2.36. The number of carbonyl (C=O) groups is 1. The molecule has 0 bridgehead atoms. The first-order valence-corrected chi connectivity index (χ1v) is 9.18. The van der Waals surface area contributed by atoms with Crippen LogP contribution in [0.5, 0.6) is 0 Å². The minimum Gasteiger partial charge on any atom is -0.352 e. The van der Waals surface area contributed by atoms with E-state index in [0.29, 0.717) is 12.5 Å². The molecule has 0 aromatic heterocycles. The van der Waals surface area contributed by atoms with Gasteiger partial charge in [-0.15, -0.1) is 0 Å². The van der Waals surface area contributed by atoms with Gasteiger partial charge in [0.25, 0.3) is 0 Å². The molecule has 1 fully saturated rings. The molecule has 5 heteroatoms. The Balaban J connectivity index is 1.82. The smallest absolute Gasteiger partial charge is 0.217 e. The second kappa shape index (κ2) is 11.2. The average Bonchev–Trinajstić information content (AvgIpc) is 2.56. The molecule has 0 atom stereocenters. The fraction of sp³-hybridized carbons (Fsp3) is 0.632. The third-order valence-electron chi connectivity index (χ3n) is 4.37. The van der Waals surface area contributed by atoms with Gasteiger partial charge in [0.15, 0.2) is 0 Å². The molecule has 0 saturated carbocycles. The molecule has 0 spiro atoms. The summed E-state index contributed by atoms with van der Waals surface area (Å²) in [6.45, 7) is 8.64. The van der Waals surface area contributed by atoms with E-state index in [9.17, 15) is 4.79 Å². The maximum atomic E-state index is 11.0. The lowest BCUT2D eigenvalue weighted by Gasteiger charge is -2.20. The number of amides is 1. The van der Waals surface area contributed by atoms with Gasteiger partial charge in [0.1, 0.15) is 0 Å². The Hall–Kier alpha value is -1.43. The first-order valence-electron chi connectivity index (χ1n) is 9.18. The highest BCUT2D eigenvalue weighted by molar-refractivity contribution is 5.72. The van der Waals surface area contributed by atoms with Gasteiger partial charge in [0.2, 0.25) is 5.91 Å². The van der Waals surface area contributed by atoms with Gasteiger partial charge >= 0.3 is 0 Å². The zero-order chi connectivity index (χ0) is 17.0. The van der Waals surface area contributed by atoms with Gasteiger partial charge < -0.3 is 21.3 Å². The van der Waals surface area contributed by atoms with E-state index in [0.717, 1.165) is 51.3 Å². The van der Waals surface area contributed by atoms with Crippen molar-refractivity contribution in [1.29, 1.82) is 0 Å². The van der Waals surface area contributed by atoms with Crippen molar-refractivity contribution < 1.29 is 4.79 Å². The van der Waals surface area contributed by atoms with Crippen molar-refractivity contribution in [2.45, 2.75) is 32.7 Å². The topological polar surface area (TPSA) is 65.2 Å². The monoisotopic (exact) mass is 332 g/mol. The van der Waals surface area contributed by atoms with Crippen LogP contribution in [0.3, 0.4) is 0 Å². The normalized spacial score (nSPS) is 18.4. The molecule has 1 amide bonds. The fourth-order valence-electron chi connectivity index (χ4n) is 2.98. The van der Waals surface area contributed by atoms with Gasteiger partial charge in [-0.05, 0) is 75.6 Å². The molecule has 1 aromatic rings. The summed E-state index contributed by atoms with van der Waals surface area (Å²) in [4.78, 5) is 11.0. The molecule has 1 aromatic carbocycles. The molecular weight excluding hydrogens is 300 g/mol. The first kappa shape index (κ1) is 18.9. The van der Waals surface area contributed by atoms with Crippen molar-refractivity contribution in [1.82, 2.24) is 21.3 Å². The summed E-state index contributed by atoms with van der Waals surface area (Å²) >= 11 is 0. The summed E-state index contributed by atoms with van der Waals surface area (Å²) in [5, 5.41) is 13.5. The SMILES string of the molecule is CC(=O)NCc1ccc(CC2CNCCCNCCCNC2)cc1. The highest BCUT2D eigenvalue weighted by Gasteiger charge is 2.10. The van der Waals surface area contributed by atoms with Crippen molar-refractivity contribution in [2.75, 3.05) is 39.3 Å². The number of benzene rings is 1. The second-order valence-corrected chi connectivity index (χ2v) is 6.66. The third-order valence-corrected chi connectivity index (χ3v) is 4.37. The minimum absolute atomic E-state index is 0.0136. The number of hydrogen-bond acceptors (Lipinski definition) is 4. The van der Waals surface area contributed by atoms with E-state index in [4.69, 9.17) is 0 Å². The number of hydrogen-bond donors (Lipinski definition) is 4. The van der Waals surface area contributed by atoms with E-state index in [1.807, 2.05) is 0 Å². The molecule has 24 heavy (non-hydrogen) atoms. The van der Waals surface area contributed by atoms with E-state index >= 15 is 0 Å². The summed E-state index contributed by atoms with van der Waals surface area (Å²) in [7, 11) is 0. The molecule has 1 aliphatic heterocycles. The van der Waals surface area contributed by atoms with Gasteiger partial charge in [-0.2, -0.15) is 0 Å². The molecule has 4 N–H and O–H groups in total. The zero-order valence-corrected chi connectivity index (χ0v) is 14.9. The summed E-state index contributed by atoms with van der Waals surface area (Å²) in [6.07, 6.45) is 3.47. The van der Waals surface area contributed by atoms with Crippen LogP contribution in [0.25, 0.3) is 0 Å². The lowest BCUT2D eigenvalue weighted by molar-refractivity contribution is -0.119. The minimum atomic E-state index is 0.0136. The first-order chi connectivity index (χ1) is 11.7. The van der Waals surface area contributed by atoms with Gasteiger partial charge in [-0.25, -0.2) is 0 Å². The molecule has 0 radical (unpaired) electrons.